The first kappa shape index (κ1) is 7.00. The molecule has 1 aromatic rings. The highest BCUT2D eigenvalue weighted by Crippen LogP contribution is 2.29. The summed E-state index contributed by atoms with van der Waals surface area (Å²) in [7, 11) is 0. The van der Waals surface area contributed by atoms with Crippen LogP contribution in [0.1, 0.15) is 0 Å². The first-order valence-corrected chi connectivity index (χ1v) is 4.33. The Morgan fingerprint density at radius 1 is 1.36 bits per heavy atom. The van der Waals surface area contributed by atoms with Crippen molar-refractivity contribution in [2.45, 2.75) is 4.90 Å². The summed E-state index contributed by atoms with van der Waals surface area (Å²) in [5.74, 6) is 0. The fraction of sp³-hybridized carbons (Fsp3) is 0.250. The quantitative estimate of drug-likeness (QED) is 0.598. The van der Waals surface area contributed by atoms with Crippen LogP contribution in [0.5, 0.6) is 0 Å². The zero-order valence-electron chi connectivity index (χ0n) is 6.04. The van der Waals surface area contributed by atoms with Crippen molar-refractivity contribution in [3.8, 4) is 0 Å². The van der Waals surface area contributed by atoms with Gasteiger partial charge in [0.25, 0.3) is 0 Å². The molecule has 1 aliphatic rings. The molecule has 0 saturated carbocycles. The molecule has 0 spiro atoms. The second kappa shape index (κ2) is 3.15. The second-order valence-electron chi connectivity index (χ2n) is 2.33. The lowest BCUT2D eigenvalue weighted by Crippen LogP contribution is -2.03. The number of para-hydroxylation sites is 1. The average Bonchev–Trinajstić information content (AvgIpc) is 2.28. The monoisotopic (exact) mass is 167 g/mol. The van der Waals surface area contributed by atoms with E-state index >= 15 is 0 Å². The summed E-state index contributed by atoms with van der Waals surface area (Å²) in [6.45, 7) is 1.66. The van der Waals surface area contributed by atoms with Crippen molar-refractivity contribution in [3.63, 3.8) is 0 Å². The number of anilines is 1. The first-order valence-electron chi connectivity index (χ1n) is 3.59. The van der Waals surface area contributed by atoms with Crippen molar-refractivity contribution in [2.75, 3.05) is 18.5 Å². The van der Waals surface area contributed by atoms with Crippen molar-refractivity contribution in [2.24, 2.45) is 0 Å². The predicted octanol–water partition coefficient (Wildman–Crippen LogP) is 2.14. The van der Waals surface area contributed by atoms with Crippen molar-refractivity contribution in [1.82, 2.24) is 0 Å². The van der Waals surface area contributed by atoms with Crippen LogP contribution in [0, 0.1) is 0 Å². The van der Waals surface area contributed by atoms with Crippen LogP contribution in [-0.2, 0) is 4.18 Å². The van der Waals surface area contributed by atoms with Gasteiger partial charge in [-0.2, -0.15) is 0 Å². The van der Waals surface area contributed by atoms with E-state index in [2.05, 4.69) is 17.4 Å². The Kier molecular flexibility index (Phi) is 2.01. The normalized spacial score (nSPS) is 16.4. The summed E-state index contributed by atoms with van der Waals surface area (Å²) in [5.41, 5.74) is 1.18. The van der Waals surface area contributed by atoms with Crippen LogP contribution >= 0.6 is 12.0 Å². The third kappa shape index (κ3) is 1.49. The molecule has 0 fully saturated rings. The molecule has 1 N–H and O–H groups in total. The second-order valence-corrected chi connectivity index (χ2v) is 3.17. The van der Waals surface area contributed by atoms with Gasteiger partial charge in [0.15, 0.2) is 0 Å². The van der Waals surface area contributed by atoms with Crippen molar-refractivity contribution >= 4 is 17.7 Å². The van der Waals surface area contributed by atoms with Crippen LogP contribution in [-0.4, -0.2) is 13.2 Å². The maximum atomic E-state index is 5.28. The molecule has 1 aromatic carbocycles. The highest BCUT2D eigenvalue weighted by Gasteiger charge is 2.05. The van der Waals surface area contributed by atoms with Gasteiger partial charge < -0.3 is 9.50 Å². The lowest BCUT2D eigenvalue weighted by molar-refractivity contribution is 0.395. The van der Waals surface area contributed by atoms with Gasteiger partial charge in [-0.05, 0) is 12.1 Å². The van der Waals surface area contributed by atoms with Gasteiger partial charge in [0.1, 0.15) is 0 Å². The number of hydrogen-bond donors (Lipinski definition) is 1. The molecule has 0 saturated heterocycles. The number of nitrogens with one attached hydrogen (secondary N) is 1. The van der Waals surface area contributed by atoms with E-state index in [4.69, 9.17) is 4.18 Å². The van der Waals surface area contributed by atoms with Gasteiger partial charge in [-0.15, -0.1) is 0 Å². The standard InChI is InChI=1S/C8H9NOS/c1-2-4-8-7(3-1)9-5-6-10-11-8/h1-4,9H,5-6H2. The Morgan fingerprint density at radius 3 is 3.27 bits per heavy atom. The average molecular weight is 167 g/mol. The van der Waals surface area contributed by atoms with E-state index < -0.39 is 0 Å². The Balaban J connectivity index is 2.33. The van der Waals surface area contributed by atoms with Crippen LogP contribution in [0.25, 0.3) is 0 Å². The summed E-state index contributed by atoms with van der Waals surface area (Å²) >= 11 is 1.45. The van der Waals surface area contributed by atoms with Crippen molar-refractivity contribution < 1.29 is 4.18 Å². The topological polar surface area (TPSA) is 21.3 Å². The molecule has 1 heterocycles. The highest BCUT2D eigenvalue weighted by atomic mass is 32.2. The first-order chi connectivity index (χ1) is 5.47. The molecule has 0 aromatic heterocycles. The van der Waals surface area contributed by atoms with Gasteiger partial charge in [-0.25, -0.2) is 0 Å². The third-order valence-electron chi connectivity index (χ3n) is 1.54. The van der Waals surface area contributed by atoms with Crippen molar-refractivity contribution in [1.29, 1.82) is 0 Å². The molecule has 0 radical (unpaired) electrons. The minimum absolute atomic E-state index is 0.763. The lowest BCUT2D eigenvalue weighted by atomic mass is 10.3. The molecule has 0 unspecified atom stereocenters. The van der Waals surface area contributed by atoms with E-state index in [1.54, 1.807) is 0 Å². The van der Waals surface area contributed by atoms with Gasteiger partial charge in [0, 0.05) is 18.6 Å². The predicted molar refractivity (Wildman–Crippen MR) is 46.7 cm³/mol. The fourth-order valence-corrected chi connectivity index (χ4v) is 1.68. The molecule has 0 bridgehead atoms. The molecule has 1 aliphatic heterocycles. The maximum Gasteiger partial charge on any atom is 0.0791 e. The van der Waals surface area contributed by atoms with E-state index in [9.17, 15) is 0 Å². The lowest BCUT2D eigenvalue weighted by Gasteiger charge is -2.02. The van der Waals surface area contributed by atoms with Crippen LogP contribution in [0.4, 0.5) is 5.69 Å². The molecule has 0 amide bonds. The summed E-state index contributed by atoms with van der Waals surface area (Å²) < 4.78 is 5.28. The Hall–Kier alpha value is -0.670. The van der Waals surface area contributed by atoms with E-state index in [1.165, 1.54) is 22.6 Å². The summed E-state index contributed by atoms with van der Waals surface area (Å²) in [6.07, 6.45) is 0. The molecular formula is C8H9NOS. The summed E-state index contributed by atoms with van der Waals surface area (Å²) in [5, 5.41) is 3.28. The van der Waals surface area contributed by atoms with Gasteiger partial charge in [0.05, 0.1) is 17.2 Å². The molecule has 3 heteroatoms. The van der Waals surface area contributed by atoms with Crippen LogP contribution in [0.3, 0.4) is 0 Å². The van der Waals surface area contributed by atoms with Gasteiger partial charge in [0.2, 0.25) is 0 Å². The number of rotatable bonds is 0. The van der Waals surface area contributed by atoms with Gasteiger partial charge in [-0.3, -0.25) is 0 Å². The minimum atomic E-state index is 0.763. The summed E-state index contributed by atoms with van der Waals surface area (Å²) in [4.78, 5) is 1.17. The number of hydrogen-bond acceptors (Lipinski definition) is 3. The van der Waals surface area contributed by atoms with Crippen LogP contribution in [0.2, 0.25) is 0 Å². The third-order valence-corrected chi connectivity index (χ3v) is 2.36. The zero-order chi connectivity index (χ0) is 7.52. The van der Waals surface area contributed by atoms with Crippen molar-refractivity contribution in [3.05, 3.63) is 24.3 Å². The van der Waals surface area contributed by atoms with E-state index in [1.807, 2.05) is 12.1 Å². The van der Waals surface area contributed by atoms with E-state index in [0.717, 1.165) is 13.2 Å². The zero-order valence-corrected chi connectivity index (χ0v) is 6.86. The molecule has 2 rings (SSSR count). The fourth-order valence-electron chi connectivity index (χ4n) is 1.02. The minimum Gasteiger partial charge on any atom is -0.382 e. The Morgan fingerprint density at radius 2 is 2.27 bits per heavy atom. The largest absolute Gasteiger partial charge is 0.382 e. The molecule has 0 aliphatic carbocycles. The van der Waals surface area contributed by atoms with Crippen LogP contribution in [0.15, 0.2) is 29.2 Å². The molecule has 0 atom stereocenters. The van der Waals surface area contributed by atoms with E-state index in [-0.39, 0.29) is 0 Å². The Labute approximate surface area is 70.2 Å². The smallest absolute Gasteiger partial charge is 0.0791 e. The molecule has 11 heavy (non-hydrogen) atoms. The maximum absolute atomic E-state index is 5.28. The SMILES string of the molecule is c1ccc2c(c1)NCCOS2. The highest BCUT2D eigenvalue weighted by molar-refractivity contribution is 7.94. The van der Waals surface area contributed by atoms with Gasteiger partial charge >= 0.3 is 0 Å². The number of fused-ring (bicyclic) bond motifs is 1. The molecule has 2 nitrogen and oxygen atoms in total. The summed E-state index contributed by atoms with van der Waals surface area (Å²) in [6, 6.07) is 8.16. The Bertz CT molecular complexity index is 227. The molecular weight excluding hydrogens is 158 g/mol. The van der Waals surface area contributed by atoms with E-state index in [0.29, 0.717) is 0 Å². The molecule has 58 valence electrons. The number of benzene rings is 1. The van der Waals surface area contributed by atoms with Gasteiger partial charge in [-0.1, -0.05) is 12.1 Å². The van der Waals surface area contributed by atoms with Crippen LogP contribution < -0.4 is 5.32 Å².